The van der Waals surface area contributed by atoms with Gasteiger partial charge in [-0.05, 0) is 66.3 Å². The molecule has 3 aromatic carbocycles. The standard InChI is InChI=1S/C25H18BrClN2O4S2/c1-32-21-12-15(6-11-20(21)33-14-17-4-2-3-5-19(17)27)13-22-24(31)29(25(34)35-22)28-23(30)16-7-9-18(26)10-8-16/h2-13H,14H2,1H3,(H,28,30)/b22-13-. The maximum absolute atomic E-state index is 12.9. The van der Waals surface area contributed by atoms with Gasteiger partial charge in [-0.2, -0.15) is 5.01 Å². The van der Waals surface area contributed by atoms with Crippen molar-refractivity contribution in [1.82, 2.24) is 10.4 Å². The van der Waals surface area contributed by atoms with E-state index in [0.29, 0.717) is 32.6 Å². The zero-order valence-electron chi connectivity index (χ0n) is 18.3. The molecule has 1 saturated heterocycles. The molecule has 0 aliphatic carbocycles. The van der Waals surface area contributed by atoms with Crippen molar-refractivity contribution in [1.29, 1.82) is 0 Å². The first-order valence-electron chi connectivity index (χ1n) is 10.2. The molecule has 0 radical (unpaired) electrons. The predicted octanol–water partition coefficient (Wildman–Crippen LogP) is 6.24. The summed E-state index contributed by atoms with van der Waals surface area (Å²) in [5.41, 5.74) is 4.55. The first-order valence-corrected chi connectivity index (χ1v) is 12.6. The van der Waals surface area contributed by atoms with Gasteiger partial charge >= 0.3 is 0 Å². The van der Waals surface area contributed by atoms with Crippen LogP contribution in [0.4, 0.5) is 0 Å². The van der Waals surface area contributed by atoms with E-state index in [0.717, 1.165) is 26.8 Å². The number of nitrogens with zero attached hydrogens (tertiary/aromatic N) is 1. The number of rotatable bonds is 7. The minimum Gasteiger partial charge on any atom is -0.493 e. The van der Waals surface area contributed by atoms with E-state index < -0.39 is 11.8 Å². The molecule has 178 valence electrons. The lowest BCUT2D eigenvalue weighted by molar-refractivity contribution is -0.123. The molecule has 1 aliphatic rings. The Hall–Kier alpha value is -2.85. The van der Waals surface area contributed by atoms with Crippen molar-refractivity contribution in [2.75, 3.05) is 7.11 Å². The van der Waals surface area contributed by atoms with Gasteiger partial charge in [0.25, 0.3) is 11.8 Å². The molecule has 10 heteroatoms. The molecule has 35 heavy (non-hydrogen) atoms. The van der Waals surface area contributed by atoms with Crippen molar-refractivity contribution in [3.63, 3.8) is 0 Å². The lowest BCUT2D eigenvalue weighted by Gasteiger charge is -2.15. The molecule has 0 unspecified atom stereocenters. The zero-order valence-corrected chi connectivity index (χ0v) is 22.3. The summed E-state index contributed by atoms with van der Waals surface area (Å²) < 4.78 is 12.4. The molecular weight excluding hydrogens is 572 g/mol. The second-order valence-corrected chi connectivity index (χ2v) is 10.3. The SMILES string of the molecule is COc1cc(/C=C2\SC(=S)N(NC(=O)c3ccc(Br)cc3)C2=O)ccc1OCc1ccccc1Cl. The molecule has 1 fully saturated rings. The Bertz CT molecular complexity index is 1330. The van der Waals surface area contributed by atoms with Crippen molar-refractivity contribution in [3.05, 3.63) is 97.8 Å². The second-order valence-electron chi connectivity index (χ2n) is 7.26. The maximum atomic E-state index is 12.9. The normalized spacial score (nSPS) is 14.4. The van der Waals surface area contributed by atoms with Gasteiger partial charge in [-0.3, -0.25) is 15.0 Å². The van der Waals surface area contributed by atoms with E-state index in [1.807, 2.05) is 18.2 Å². The second kappa shape index (κ2) is 11.3. The van der Waals surface area contributed by atoms with E-state index in [-0.39, 0.29) is 10.9 Å². The number of methoxy groups -OCH3 is 1. The Morgan fingerprint density at radius 3 is 2.60 bits per heavy atom. The molecule has 0 bridgehead atoms. The summed E-state index contributed by atoms with van der Waals surface area (Å²) in [7, 11) is 1.54. The fourth-order valence-electron chi connectivity index (χ4n) is 3.15. The highest BCUT2D eigenvalue weighted by molar-refractivity contribution is 9.10. The third-order valence-electron chi connectivity index (χ3n) is 4.94. The molecule has 4 rings (SSSR count). The molecule has 1 N–H and O–H groups in total. The third-order valence-corrected chi connectivity index (χ3v) is 7.14. The van der Waals surface area contributed by atoms with Crippen LogP contribution in [-0.2, 0) is 11.4 Å². The summed E-state index contributed by atoms with van der Waals surface area (Å²) in [6, 6.07) is 19.5. The summed E-state index contributed by atoms with van der Waals surface area (Å²) in [5.74, 6) is 0.198. The zero-order chi connectivity index (χ0) is 24.9. The number of benzene rings is 3. The van der Waals surface area contributed by atoms with Crippen LogP contribution in [0.3, 0.4) is 0 Å². The number of halogens is 2. The van der Waals surface area contributed by atoms with Crippen molar-refractivity contribution in [2.45, 2.75) is 6.61 Å². The van der Waals surface area contributed by atoms with Crippen LogP contribution < -0.4 is 14.9 Å². The van der Waals surface area contributed by atoms with E-state index in [1.165, 1.54) is 0 Å². The number of carbonyl (C=O) groups is 2. The summed E-state index contributed by atoms with van der Waals surface area (Å²) in [5, 5.41) is 1.70. The Balaban J connectivity index is 1.47. The summed E-state index contributed by atoms with van der Waals surface area (Å²) >= 11 is 15.9. The Morgan fingerprint density at radius 1 is 1.14 bits per heavy atom. The molecule has 0 spiro atoms. The van der Waals surface area contributed by atoms with Gasteiger partial charge in [-0.25, -0.2) is 0 Å². The van der Waals surface area contributed by atoms with Gasteiger partial charge in [0.1, 0.15) is 6.61 Å². The van der Waals surface area contributed by atoms with Crippen LogP contribution in [-0.4, -0.2) is 28.3 Å². The molecule has 6 nitrogen and oxygen atoms in total. The van der Waals surface area contributed by atoms with Crippen LogP contribution in [0.1, 0.15) is 21.5 Å². The van der Waals surface area contributed by atoms with Crippen LogP contribution in [0.2, 0.25) is 5.02 Å². The molecule has 3 aromatic rings. The smallest absolute Gasteiger partial charge is 0.285 e. The number of hydrogen-bond acceptors (Lipinski definition) is 6. The lowest BCUT2D eigenvalue weighted by atomic mass is 10.2. The van der Waals surface area contributed by atoms with E-state index in [2.05, 4.69) is 21.4 Å². The molecule has 0 atom stereocenters. The topological polar surface area (TPSA) is 67.9 Å². The Morgan fingerprint density at radius 2 is 1.89 bits per heavy atom. The lowest BCUT2D eigenvalue weighted by Crippen LogP contribution is -2.44. The van der Waals surface area contributed by atoms with Gasteiger partial charge in [0.15, 0.2) is 15.8 Å². The highest BCUT2D eigenvalue weighted by Gasteiger charge is 2.33. The summed E-state index contributed by atoms with van der Waals surface area (Å²) in [6.45, 7) is 0.284. The van der Waals surface area contributed by atoms with Gasteiger partial charge in [0.05, 0.1) is 12.0 Å². The quantitative estimate of drug-likeness (QED) is 0.260. The third kappa shape index (κ3) is 6.05. The average molecular weight is 590 g/mol. The van der Waals surface area contributed by atoms with E-state index in [1.54, 1.807) is 61.7 Å². The van der Waals surface area contributed by atoms with Gasteiger partial charge in [0.2, 0.25) is 0 Å². The van der Waals surface area contributed by atoms with Crippen LogP contribution in [0.15, 0.2) is 76.1 Å². The van der Waals surface area contributed by atoms with Crippen molar-refractivity contribution >= 4 is 73.7 Å². The van der Waals surface area contributed by atoms with E-state index in [9.17, 15) is 9.59 Å². The largest absolute Gasteiger partial charge is 0.493 e. The van der Waals surface area contributed by atoms with Crippen LogP contribution in [0, 0.1) is 0 Å². The first-order chi connectivity index (χ1) is 16.9. The number of thioether (sulfide) groups is 1. The van der Waals surface area contributed by atoms with Gasteiger partial charge in [0, 0.05) is 20.6 Å². The molecule has 2 amide bonds. The highest BCUT2D eigenvalue weighted by Crippen LogP contribution is 2.34. The van der Waals surface area contributed by atoms with E-state index in [4.69, 9.17) is 33.3 Å². The Kier molecular flexibility index (Phi) is 8.12. The number of hydrogen-bond donors (Lipinski definition) is 1. The molecule has 0 aromatic heterocycles. The van der Waals surface area contributed by atoms with Crippen LogP contribution >= 0.6 is 51.5 Å². The van der Waals surface area contributed by atoms with Crippen molar-refractivity contribution in [2.24, 2.45) is 0 Å². The van der Waals surface area contributed by atoms with Gasteiger partial charge < -0.3 is 9.47 Å². The number of hydrazine groups is 1. The molecule has 0 saturated carbocycles. The number of nitrogens with one attached hydrogen (secondary N) is 1. The molecule has 1 heterocycles. The minimum absolute atomic E-state index is 0.235. The van der Waals surface area contributed by atoms with E-state index >= 15 is 0 Å². The monoisotopic (exact) mass is 588 g/mol. The van der Waals surface area contributed by atoms with Crippen molar-refractivity contribution < 1.29 is 19.1 Å². The molecular formula is C25H18BrClN2O4S2. The Labute approximate surface area is 225 Å². The highest BCUT2D eigenvalue weighted by atomic mass is 79.9. The van der Waals surface area contributed by atoms with Crippen LogP contribution in [0.25, 0.3) is 6.08 Å². The van der Waals surface area contributed by atoms with Gasteiger partial charge in [-0.15, -0.1) is 0 Å². The minimum atomic E-state index is -0.434. The number of thiocarbonyl (C=S) groups is 1. The fourth-order valence-corrected chi connectivity index (χ4v) is 4.78. The summed E-state index contributed by atoms with van der Waals surface area (Å²) in [4.78, 5) is 25.8. The average Bonchev–Trinajstić information content (AvgIpc) is 3.11. The molecule has 1 aliphatic heterocycles. The number of ether oxygens (including phenoxy) is 2. The number of carbonyl (C=O) groups excluding carboxylic acids is 2. The van der Waals surface area contributed by atoms with Crippen molar-refractivity contribution in [3.8, 4) is 11.5 Å². The predicted molar refractivity (Wildman–Crippen MR) is 145 cm³/mol. The first kappa shape index (κ1) is 25.2. The van der Waals surface area contributed by atoms with Crippen LogP contribution in [0.5, 0.6) is 11.5 Å². The fraction of sp³-hybridized carbons (Fsp3) is 0.0800. The summed E-state index contributed by atoms with van der Waals surface area (Å²) in [6.07, 6.45) is 1.69. The number of amides is 2. The van der Waals surface area contributed by atoms with Gasteiger partial charge in [-0.1, -0.05) is 63.6 Å². The maximum Gasteiger partial charge on any atom is 0.285 e.